The van der Waals surface area contributed by atoms with Crippen LogP contribution < -0.4 is 9.61 Å². The number of ether oxygens (including phenoxy) is 2. The summed E-state index contributed by atoms with van der Waals surface area (Å²) in [6, 6.07) is 16.8. The van der Waals surface area contributed by atoms with Crippen molar-refractivity contribution in [2.75, 3.05) is 0 Å². The topological polar surface area (TPSA) is 57.5 Å². The van der Waals surface area contributed by atoms with Crippen LogP contribution in [0.15, 0.2) is 64.8 Å². The first-order valence-electron chi connectivity index (χ1n) is 7.75. The van der Waals surface area contributed by atoms with Gasteiger partial charge in [0.2, 0.25) is 0 Å². The number of carbonyl (C=O) groups is 1. The number of rotatable bonds is 6. The SMILES string of the molecule is Cc1csc(=O)n1CC(=O)OCc1ccccc1Oc1ccccc1. The Morgan fingerprint density at radius 2 is 1.80 bits per heavy atom. The van der Waals surface area contributed by atoms with Gasteiger partial charge in [0.1, 0.15) is 24.7 Å². The Balaban J connectivity index is 1.65. The van der Waals surface area contributed by atoms with E-state index in [-0.39, 0.29) is 18.0 Å². The highest BCUT2D eigenvalue weighted by Crippen LogP contribution is 2.25. The van der Waals surface area contributed by atoms with E-state index >= 15 is 0 Å². The molecule has 128 valence electrons. The lowest BCUT2D eigenvalue weighted by molar-refractivity contribution is -0.145. The molecule has 3 aromatic rings. The fourth-order valence-corrected chi connectivity index (χ4v) is 3.00. The minimum absolute atomic E-state index is 0.0831. The number of thiazole rings is 1. The average Bonchev–Trinajstić information content (AvgIpc) is 2.94. The third-order valence-electron chi connectivity index (χ3n) is 3.60. The molecular formula is C19H17NO4S. The summed E-state index contributed by atoms with van der Waals surface area (Å²) in [5, 5.41) is 1.72. The molecule has 2 aromatic carbocycles. The average molecular weight is 355 g/mol. The summed E-state index contributed by atoms with van der Waals surface area (Å²) in [5.74, 6) is 0.880. The summed E-state index contributed by atoms with van der Waals surface area (Å²) in [4.78, 5) is 23.5. The van der Waals surface area contributed by atoms with Crippen molar-refractivity contribution >= 4 is 17.3 Å². The number of carbonyl (C=O) groups excluding carboxylic acids is 1. The number of aryl methyl sites for hydroxylation is 1. The van der Waals surface area contributed by atoms with Gasteiger partial charge in [-0.15, -0.1) is 0 Å². The number of para-hydroxylation sites is 2. The predicted molar refractivity (Wildman–Crippen MR) is 96.1 cm³/mol. The zero-order chi connectivity index (χ0) is 17.6. The van der Waals surface area contributed by atoms with Crippen LogP contribution in [0.4, 0.5) is 0 Å². The lowest BCUT2D eigenvalue weighted by Crippen LogP contribution is -2.22. The Bertz CT molecular complexity index is 914. The van der Waals surface area contributed by atoms with Crippen LogP contribution in [0.25, 0.3) is 0 Å². The smallest absolute Gasteiger partial charge is 0.326 e. The molecule has 0 saturated carbocycles. The molecule has 0 spiro atoms. The third-order valence-corrected chi connectivity index (χ3v) is 4.48. The molecule has 0 aliphatic carbocycles. The molecule has 5 nitrogen and oxygen atoms in total. The first kappa shape index (κ1) is 17.0. The van der Waals surface area contributed by atoms with Crippen molar-refractivity contribution in [1.82, 2.24) is 4.57 Å². The maximum atomic E-state index is 12.0. The summed E-state index contributed by atoms with van der Waals surface area (Å²) in [7, 11) is 0. The maximum Gasteiger partial charge on any atom is 0.326 e. The zero-order valence-corrected chi connectivity index (χ0v) is 14.5. The molecular weight excluding hydrogens is 338 g/mol. The highest BCUT2D eigenvalue weighted by molar-refractivity contribution is 7.07. The monoisotopic (exact) mass is 355 g/mol. The van der Waals surface area contributed by atoms with Crippen molar-refractivity contribution < 1.29 is 14.3 Å². The van der Waals surface area contributed by atoms with E-state index in [0.29, 0.717) is 11.5 Å². The second-order valence-corrected chi connectivity index (χ2v) is 6.23. The van der Waals surface area contributed by atoms with Gasteiger partial charge in [0, 0.05) is 16.6 Å². The second-order valence-electron chi connectivity index (χ2n) is 5.41. The molecule has 1 heterocycles. The molecule has 0 saturated heterocycles. The van der Waals surface area contributed by atoms with Gasteiger partial charge in [0.05, 0.1) is 0 Å². The predicted octanol–water partition coefficient (Wildman–Crippen LogP) is 3.75. The zero-order valence-electron chi connectivity index (χ0n) is 13.7. The summed E-state index contributed by atoms with van der Waals surface area (Å²) in [6.07, 6.45) is 0. The molecule has 0 aliphatic rings. The van der Waals surface area contributed by atoms with E-state index < -0.39 is 5.97 Å². The second kappa shape index (κ2) is 7.81. The number of aromatic nitrogens is 1. The molecule has 0 bridgehead atoms. The molecule has 0 fully saturated rings. The molecule has 3 rings (SSSR count). The number of nitrogens with zero attached hydrogens (tertiary/aromatic N) is 1. The summed E-state index contributed by atoms with van der Waals surface area (Å²) < 4.78 is 12.6. The molecule has 0 atom stereocenters. The van der Waals surface area contributed by atoms with Gasteiger partial charge in [-0.3, -0.25) is 14.2 Å². The van der Waals surface area contributed by atoms with Crippen LogP contribution in [0.1, 0.15) is 11.3 Å². The Hall–Kier alpha value is -2.86. The van der Waals surface area contributed by atoms with Crippen molar-refractivity contribution in [3.05, 3.63) is 80.9 Å². The van der Waals surface area contributed by atoms with Gasteiger partial charge in [-0.2, -0.15) is 0 Å². The number of benzene rings is 2. The first-order chi connectivity index (χ1) is 12.1. The summed E-state index contributed by atoms with van der Waals surface area (Å²) in [6.45, 7) is 1.78. The van der Waals surface area contributed by atoms with E-state index in [9.17, 15) is 9.59 Å². The Kier molecular flexibility index (Phi) is 5.30. The minimum Gasteiger partial charge on any atom is -0.459 e. The van der Waals surface area contributed by atoms with Crippen molar-refractivity contribution in [3.63, 3.8) is 0 Å². The lowest BCUT2D eigenvalue weighted by Gasteiger charge is -2.12. The van der Waals surface area contributed by atoms with E-state index in [1.807, 2.05) is 54.6 Å². The number of hydrogen-bond donors (Lipinski definition) is 0. The molecule has 1 aromatic heterocycles. The van der Waals surface area contributed by atoms with Crippen molar-refractivity contribution in [3.8, 4) is 11.5 Å². The fraction of sp³-hybridized carbons (Fsp3) is 0.158. The Labute approximate surface area is 149 Å². The fourth-order valence-electron chi connectivity index (χ4n) is 2.27. The van der Waals surface area contributed by atoms with E-state index in [4.69, 9.17) is 9.47 Å². The number of esters is 1. The number of hydrogen-bond acceptors (Lipinski definition) is 5. The van der Waals surface area contributed by atoms with Crippen LogP contribution in [0.2, 0.25) is 0 Å². The van der Waals surface area contributed by atoms with Crippen molar-refractivity contribution in [1.29, 1.82) is 0 Å². The van der Waals surface area contributed by atoms with E-state index in [0.717, 1.165) is 22.6 Å². The summed E-state index contributed by atoms with van der Waals surface area (Å²) >= 11 is 1.07. The van der Waals surface area contributed by atoms with Crippen LogP contribution >= 0.6 is 11.3 Å². The third kappa shape index (κ3) is 4.36. The van der Waals surface area contributed by atoms with E-state index in [1.54, 1.807) is 12.3 Å². The molecule has 0 aliphatic heterocycles. The van der Waals surface area contributed by atoms with Crippen LogP contribution in [0, 0.1) is 6.92 Å². The van der Waals surface area contributed by atoms with Crippen LogP contribution in [0.3, 0.4) is 0 Å². The van der Waals surface area contributed by atoms with Crippen molar-refractivity contribution in [2.45, 2.75) is 20.1 Å². The molecule has 0 N–H and O–H groups in total. The van der Waals surface area contributed by atoms with Gasteiger partial charge in [-0.1, -0.05) is 47.7 Å². The maximum absolute atomic E-state index is 12.0. The van der Waals surface area contributed by atoms with Gasteiger partial charge in [0.15, 0.2) is 0 Å². The van der Waals surface area contributed by atoms with Crippen LogP contribution in [-0.4, -0.2) is 10.5 Å². The van der Waals surface area contributed by atoms with E-state index in [1.165, 1.54) is 4.57 Å². The molecule has 25 heavy (non-hydrogen) atoms. The standard InChI is InChI=1S/C19H17NO4S/c1-14-13-25-19(22)20(14)11-18(21)23-12-15-7-5-6-10-17(15)24-16-8-3-2-4-9-16/h2-10,13H,11-12H2,1H3. The van der Waals surface area contributed by atoms with Gasteiger partial charge in [0.25, 0.3) is 0 Å². The lowest BCUT2D eigenvalue weighted by atomic mass is 10.2. The van der Waals surface area contributed by atoms with Crippen LogP contribution in [0.5, 0.6) is 11.5 Å². The normalized spacial score (nSPS) is 10.4. The molecule has 0 amide bonds. The first-order valence-corrected chi connectivity index (χ1v) is 8.63. The van der Waals surface area contributed by atoms with Gasteiger partial charge in [-0.25, -0.2) is 0 Å². The van der Waals surface area contributed by atoms with Gasteiger partial charge in [-0.05, 0) is 25.1 Å². The minimum atomic E-state index is -0.460. The molecule has 0 unspecified atom stereocenters. The molecule has 0 radical (unpaired) electrons. The Morgan fingerprint density at radius 3 is 2.52 bits per heavy atom. The highest BCUT2D eigenvalue weighted by atomic mass is 32.1. The van der Waals surface area contributed by atoms with Crippen molar-refractivity contribution in [2.24, 2.45) is 0 Å². The largest absolute Gasteiger partial charge is 0.459 e. The van der Waals surface area contributed by atoms with Gasteiger partial charge >= 0.3 is 10.8 Å². The van der Waals surface area contributed by atoms with Gasteiger partial charge < -0.3 is 9.47 Å². The highest BCUT2D eigenvalue weighted by Gasteiger charge is 2.11. The molecule has 6 heteroatoms. The van der Waals surface area contributed by atoms with E-state index in [2.05, 4.69) is 0 Å². The van der Waals surface area contributed by atoms with Crippen LogP contribution in [-0.2, 0) is 22.7 Å². The Morgan fingerprint density at radius 1 is 1.08 bits per heavy atom. The quantitative estimate of drug-likeness (QED) is 0.632. The summed E-state index contributed by atoms with van der Waals surface area (Å²) in [5.41, 5.74) is 1.51.